The van der Waals surface area contributed by atoms with Crippen LogP contribution in [0.15, 0.2) is 0 Å². The summed E-state index contributed by atoms with van der Waals surface area (Å²) in [5.41, 5.74) is 0. The number of hydrogen-bond donors (Lipinski definition) is 0. The zero-order valence-corrected chi connectivity index (χ0v) is 8.75. The van der Waals surface area contributed by atoms with Crippen LogP contribution in [0.25, 0.3) is 0 Å². The lowest BCUT2D eigenvalue weighted by atomic mass is 10.1. The first-order valence-electron chi connectivity index (χ1n) is 4.91. The Labute approximate surface area is 84.3 Å². The van der Waals surface area contributed by atoms with Gasteiger partial charge in [-0.15, -0.1) is 0 Å². The first-order chi connectivity index (χ1) is 6.56. The summed E-state index contributed by atoms with van der Waals surface area (Å²) >= 11 is 0. The third-order valence-corrected chi connectivity index (χ3v) is 1.78. The van der Waals surface area contributed by atoms with Crippen LogP contribution in [-0.2, 0) is 19.4 Å². The number of ether oxygens (including phenoxy) is 1. The van der Waals surface area contributed by atoms with Crippen LogP contribution in [0.1, 0.15) is 39.5 Å². The molecule has 0 heterocycles. The molecule has 0 rings (SSSR count). The molecule has 1 atom stereocenters. The maximum atomic E-state index is 11.0. The lowest BCUT2D eigenvalue weighted by molar-refractivity contribution is -0.149. The summed E-state index contributed by atoms with van der Waals surface area (Å²) in [5.74, 6) is -1.54. The van der Waals surface area contributed by atoms with E-state index in [1.807, 2.05) is 6.92 Å². The van der Waals surface area contributed by atoms with Gasteiger partial charge in [0.2, 0.25) is 0 Å². The summed E-state index contributed by atoms with van der Waals surface area (Å²) in [6.07, 6.45) is 2.10. The van der Waals surface area contributed by atoms with E-state index in [9.17, 15) is 14.7 Å². The summed E-state index contributed by atoms with van der Waals surface area (Å²) < 4.78 is 4.88. The van der Waals surface area contributed by atoms with E-state index in [1.165, 1.54) is 0 Å². The number of hydrogen-bond acceptors (Lipinski definition) is 3. The zero-order valence-electron chi connectivity index (χ0n) is 8.75. The van der Waals surface area contributed by atoms with Gasteiger partial charge in [0, 0.05) is 12.3 Å². The number of carbonyl (C=O) groups is 2. The van der Waals surface area contributed by atoms with Gasteiger partial charge >= 0.3 is 11.9 Å². The molecule has 0 saturated heterocycles. The Morgan fingerprint density at radius 1 is 1.36 bits per heavy atom. The maximum absolute atomic E-state index is 11.0. The molecule has 0 amide bonds. The van der Waals surface area contributed by atoms with Crippen molar-refractivity contribution in [1.82, 2.24) is 0 Å². The number of unbranched alkanes of at least 4 members (excludes halogenated alkanes) is 1. The van der Waals surface area contributed by atoms with Crippen molar-refractivity contribution in [3.63, 3.8) is 0 Å². The molecule has 81 valence electrons. The van der Waals surface area contributed by atoms with Crippen LogP contribution in [0.2, 0.25) is 0 Å². The molecular weight excluding hydrogens is 184 g/mol. The second-order valence-electron chi connectivity index (χ2n) is 3.47. The zero-order chi connectivity index (χ0) is 11.0. The lowest BCUT2D eigenvalue weighted by Crippen LogP contribution is -2.14. The Morgan fingerprint density at radius 2 is 2.00 bits per heavy atom. The largest absolute Gasteiger partial charge is 0.465 e. The highest BCUT2D eigenvalue weighted by molar-refractivity contribution is 5.69. The summed E-state index contributed by atoms with van der Waals surface area (Å²) in [6.45, 7) is 3.87. The SMILES string of the molecule is CCCCC(=O)OCC(C)CC([O])=O. The second kappa shape index (κ2) is 7.35. The van der Waals surface area contributed by atoms with Crippen molar-refractivity contribution >= 4 is 11.9 Å². The Morgan fingerprint density at radius 3 is 2.50 bits per heavy atom. The Hall–Kier alpha value is -1.06. The molecule has 0 aliphatic heterocycles. The molecule has 0 fully saturated rings. The molecule has 0 N–H and O–H groups in total. The van der Waals surface area contributed by atoms with E-state index in [0.29, 0.717) is 6.42 Å². The van der Waals surface area contributed by atoms with Crippen molar-refractivity contribution in [2.45, 2.75) is 39.5 Å². The van der Waals surface area contributed by atoms with Gasteiger partial charge < -0.3 is 4.74 Å². The van der Waals surface area contributed by atoms with Gasteiger partial charge in [-0.05, 0) is 6.42 Å². The van der Waals surface area contributed by atoms with E-state index in [1.54, 1.807) is 6.92 Å². The standard InChI is InChI=1S/C10H17O4/c1-3-4-5-10(13)14-7-8(2)6-9(11)12/h8H,3-7H2,1-2H3. The molecule has 0 aliphatic carbocycles. The van der Waals surface area contributed by atoms with E-state index in [-0.39, 0.29) is 24.9 Å². The minimum atomic E-state index is -1.11. The Balaban J connectivity index is 3.50. The van der Waals surface area contributed by atoms with Gasteiger partial charge in [-0.1, -0.05) is 20.3 Å². The fourth-order valence-corrected chi connectivity index (χ4v) is 0.972. The highest BCUT2D eigenvalue weighted by atomic mass is 16.5. The quantitative estimate of drug-likeness (QED) is 0.589. The Kier molecular flexibility index (Phi) is 6.80. The molecule has 1 unspecified atom stereocenters. The van der Waals surface area contributed by atoms with Gasteiger partial charge in [-0.25, -0.2) is 9.90 Å². The fourth-order valence-electron chi connectivity index (χ4n) is 0.972. The average molecular weight is 201 g/mol. The monoisotopic (exact) mass is 201 g/mol. The van der Waals surface area contributed by atoms with Gasteiger partial charge in [-0.2, -0.15) is 0 Å². The molecule has 14 heavy (non-hydrogen) atoms. The summed E-state index contributed by atoms with van der Waals surface area (Å²) in [6, 6.07) is 0. The average Bonchev–Trinajstić information content (AvgIpc) is 2.10. The van der Waals surface area contributed by atoms with Gasteiger partial charge in [0.05, 0.1) is 13.0 Å². The van der Waals surface area contributed by atoms with Crippen molar-refractivity contribution in [3.8, 4) is 0 Å². The first-order valence-corrected chi connectivity index (χ1v) is 4.91. The highest BCUT2D eigenvalue weighted by Crippen LogP contribution is 2.04. The minimum absolute atomic E-state index is 0.0684. The van der Waals surface area contributed by atoms with Crippen LogP contribution in [0.3, 0.4) is 0 Å². The van der Waals surface area contributed by atoms with Gasteiger partial charge in [0.1, 0.15) is 0 Å². The predicted octanol–water partition coefficient (Wildman–Crippen LogP) is 1.70. The summed E-state index contributed by atoms with van der Waals surface area (Å²) in [5, 5.41) is 10.2. The fraction of sp³-hybridized carbons (Fsp3) is 0.800. The van der Waals surface area contributed by atoms with E-state index in [4.69, 9.17) is 4.74 Å². The van der Waals surface area contributed by atoms with Crippen LogP contribution < -0.4 is 0 Å². The smallest absolute Gasteiger partial charge is 0.355 e. The van der Waals surface area contributed by atoms with Crippen molar-refractivity contribution in [3.05, 3.63) is 0 Å². The van der Waals surface area contributed by atoms with Crippen molar-refractivity contribution in [1.29, 1.82) is 0 Å². The van der Waals surface area contributed by atoms with Crippen LogP contribution >= 0.6 is 0 Å². The maximum Gasteiger partial charge on any atom is 0.355 e. The predicted molar refractivity (Wildman–Crippen MR) is 50.0 cm³/mol. The van der Waals surface area contributed by atoms with Crippen LogP contribution in [0, 0.1) is 5.92 Å². The van der Waals surface area contributed by atoms with Crippen molar-refractivity contribution < 1.29 is 19.4 Å². The molecule has 4 heteroatoms. The van der Waals surface area contributed by atoms with Gasteiger partial charge in [0.15, 0.2) is 0 Å². The summed E-state index contributed by atoms with van der Waals surface area (Å²) in [7, 11) is 0. The molecular formula is C10H17O4. The molecule has 1 radical (unpaired) electrons. The Bertz CT molecular complexity index is 189. The summed E-state index contributed by atoms with van der Waals surface area (Å²) in [4.78, 5) is 21.2. The molecule has 0 aromatic rings. The van der Waals surface area contributed by atoms with Gasteiger partial charge in [0.25, 0.3) is 0 Å². The molecule has 0 bridgehead atoms. The van der Waals surface area contributed by atoms with Crippen molar-refractivity contribution in [2.75, 3.05) is 6.61 Å². The number of carbonyl (C=O) groups excluding carboxylic acids is 2. The van der Waals surface area contributed by atoms with Crippen LogP contribution in [0.5, 0.6) is 0 Å². The topological polar surface area (TPSA) is 63.3 Å². The van der Waals surface area contributed by atoms with E-state index >= 15 is 0 Å². The molecule has 4 nitrogen and oxygen atoms in total. The third-order valence-electron chi connectivity index (χ3n) is 1.78. The molecule has 0 spiro atoms. The van der Waals surface area contributed by atoms with Crippen molar-refractivity contribution in [2.24, 2.45) is 5.92 Å². The molecule has 0 aliphatic rings. The second-order valence-corrected chi connectivity index (χ2v) is 3.47. The van der Waals surface area contributed by atoms with E-state index < -0.39 is 5.97 Å². The van der Waals surface area contributed by atoms with Crippen LogP contribution in [-0.4, -0.2) is 18.5 Å². The number of rotatable bonds is 7. The van der Waals surface area contributed by atoms with Crippen LogP contribution in [0.4, 0.5) is 0 Å². The molecule has 0 aromatic carbocycles. The highest BCUT2D eigenvalue weighted by Gasteiger charge is 2.11. The van der Waals surface area contributed by atoms with Gasteiger partial charge in [-0.3, -0.25) is 4.79 Å². The normalized spacial score (nSPS) is 12.1. The number of esters is 1. The molecule has 0 aromatic heterocycles. The minimum Gasteiger partial charge on any atom is -0.465 e. The third kappa shape index (κ3) is 7.58. The van der Waals surface area contributed by atoms with E-state index in [2.05, 4.69) is 0 Å². The first kappa shape index (κ1) is 12.9. The van der Waals surface area contributed by atoms with E-state index in [0.717, 1.165) is 12.8 Å². The lowest BCUT2D eigenvalue weighted by Gasteiger charge is -2.08. The molecule has 0 saturated carbocycles.